The minimum absolute atomic E-state index is 0.0613. The molecule has 1 atom stereocenters. The highest BCUT2D eigenvalue weighted by Gasteiger charge is 2.15. The maximum atomic E-state index is 10.5. The third-order valence-corrected chi connectivity index (χ3v) is 3.49. The van der Waals surface area contributed by atoms with Gasteiger partial charge in [0, 0.05) is 17.3 Å². The smallest absolute Gasteiger partial charge is 0.304 e. The third kappa shape index (κ3) is 3.10. The quantitative estimate of drug-likeness (QED) is 0.874. The predicted octanol–water partition coefficient (Wildman–Crippen LogP) is 2.03. The average molecular weight is 264 g/mol. The molecule has 72 valence electrons. The first kappa shape index (κ1) is 10.7. The number of carboxylic acids is 1. The molecule has 0 unspecified atom stereocenters. The lowest BCUT2D eigenvalue weighted by Gasteiger charge is -2.08. The summed E-state index contributed by atoms with van der Waals surface area (Å²) in [5.74, 6) is -0.867. The van der Waals surface area contributed by atoms with Crippen LogP contribution in [0.25, 0.3) is 0 Å². The van der Waals surface area contributed by atoms with Crippen LogP contribution in [-0.4, -0.2) is 17.6 Å². The summed E-state index contributed by atoms with van der Waals surface area (Å²) >= 11 is 4.86. The lowest BCUT2D eigenvalue weighted by atomic mass is 10.0. The van der Waals surface area contributed by atoms with Crippen LogP contribution in [0.4, 0.5) is 0 Å². The molecule has 0 aliphatic heterocycles. The van der Waals surface area contributed by atoms with Gasteiger partial charge in [-0.05, 0) is 28.1 Å². The SMILES string of the molecule is NC[C@@H](CC(=O)O)c1ccc(Br)s1. The monoisotopic (exact) mass is 263 g/mol. The molecule has 0 bridgehead atoms. The van der Waals surface area contributed by atoms with Gasteiger partial charge in [-0.3, -0.25) is 4.79 Å². The molecule has 0 aliphatic carbocycles. The van der Waals surface area contributed by atoms with Crippen LogP contribution < -0.4 is 5.73 Å². The molecule has 0 saturated heterocycles. The molecule has 0 fully saturated rings. The van der Waals surface area contributed by atoms with E-state index in [9.17, 15) is 4.79 Å². The molecule has 0 saturated carbocycles. The lowest BCUT2D eigenvalue weighted by Crippen LogP contribution is -2.15. The zero-order valence-electron chi connectivity index (χ0n) is 6.87. The zero-order chi connectivity index (χ0) is 9.84. The van der Waals surface area contributed by atoms with Gasteiger partial charge in [0.15, 0.2) is 0 Å². The number of rotatable bonds is 4. The van der Waals surface area contributed by atoms with Gasteiger partial charge in [-0.25, -0.2) is 0 Å². The van der Waals surface area contributed by atoms with E-state index in [2.05, 4.69) is 15.9 Å². The van der Waals surface area contributed by atoms with Crippen molar-refractivity contribution in [3.8, 4) is 0 Å². The van der Waals surface area contributed by atoms with Crippen molar-refractivity contribution in [1.29, 1.82) is 0 Å². The Morgan fingerprint density at radius 2 is 2.38 bits per heavy atom. The number of carboxylic acid groups (broad SMARTS) is 1. The van der Waals surface area contributed by atoms with Crippen molar-refractivity contribution in [1.82, 2.24) is 0 Å². The van der Waals surface area contributed by atoms with Crippen LogP contribution in [0.15, 0.2) is 15.9 Å². The summed E-state index contributed by atoms with van der Waals surface area (Å²) in [5, 5.41) is 8.62. The van der Waals surface area contributed by atoms with Crippen molar-refractivity contribution in [3.63, 3.8) is 0 Å². The van der Waals surface area contributed by atoms with E-state index in [1.807, 2.05) is 12.1 Å². The standard InChI is InChI=1S/C8H10BrNO2S/c9-7-2-1-6(13-7)5(4-10)3-8(11)12/h1-2,5H,3-4,10H2,(H,11,12)/t5-/m1/s1. The van der Waals surface area contributed by atoms with Gasteiger partial charge in [0.25, 0.3) is 0 Å². The summed E-state index contributed by atoms with van der Waals surface area (Å²) < 4.78 is 1.01. The van der Waals surface area contributed by atoms with Crippen LogP contribution in [0.1, 0.15) is 17.2 Å². The van der Waals surface area contributed by atoms with Gasteiger partial charge in [-0.1, -0.05) is 0 Å². The van der Waals surface area contributed by atoms with E-state index >= 15 is 0 Å². The van der Waals surface area contributed by atoms with E-state index in [0.29, 0.717) is 6.54 Å². The van der Waals surface area contributed by atoms with Crippen LogP contribution in [0.5, 0.6) is 0 Å². The van der Waals surface area contributed by atoms with E-state index in [1.54, 1.807) is 0 Å². The van der Waals surface area contributed by atoms with E-state index in [-0.39, 0.29) is 12.3 Å². The molecule has 3 nitrogen and oxygen atoms in total. The van der Waals surface area contributed by atoms with Gasteiger partial charge in [0.1, 0.15) is 0 Å². The summed E-state index contributed by atoms with van der Waals surface area (Å²) in [7, 11) is 0. The number of hydrogen-bond donors (Lipinski definition) is 2. The average Bonchev–Trinajstić information content (AvgIpc) is 2.47. The van der Waals surface area contributed by atoms with Crippen molar-refractivity contribution in [2.75, 3.05) is 6.54 Å². The Morgan fingerprint density at radius 1 is 1.69 bits per heavy atom. The summed E-state index contributed by atoms with van der Waals surface area (Å²) in [5.41, 5.74) is 5.49. The Morgan fingerprint density at radius 3 is 2.77 bits per heavy atom. The first-order valence-electron chi connectivity index (χ1n) is 3.80. The van der Waals surface area contributed by atoms with Crippen molar-refractivity contribution in [3.05, 3.63) is 20.8 Å². The number of nitrogens with two attached hydrogens (primary N) is 1. The Hall–Kier alpha value is -0.390. The second kappa shape index (κ2) is 4.74. The second-order valence-corrected chi connectivity index (χ2v) is 5.17. The molecule has 13 heavy (non-hydrogen) atoms. The summed E-state index contributed by atoms with van der Waals surface area (Å²) in [6.07, 6.45) is 0.101. The van der Waals surface area contributed by atoms with Crippen molar-refractivity contribution >= 4 is 33.2 Å². The number of hydrogen-bond acceptors (Lipinski definition) is 3. The van der Waals surface area contributed by atoms with E-state index in [0.717, 1.165) is 8.66 Å². The molecule has 0 spiro atoms. The van der Waals surface area contributed by atoms with Gasteiger partial charge in [-0.2, -0.15) is 0 Å². The Bertz CT molecular complexity index is 300. The van der Waals surface area contributed by atoms with Gasteiger partial charge in [0.2, 0.25) is 0 Å². The Kier molecular flexibility index (Phi) is 3.90. The van der Waals surface area contributed by atoms with Crippen LogP contribution in [0, 0.1) is 0 Å². The molecule has 1 heterocycles. The minimum atomic E-state index is -0.806. The van der Waals surface area contributed by atoms with Crippen LogP contribution in [-0.2, 0) is 4.79 Å². The molecular weight excluding hydrogens is 254 g/mol. The van der Waals surface area contributed by atoms with Gasteiger partial charge < -0.3 is 10.8 Å². The third-order valence-electron chi connectivity index (χ3n) is 1.70. The van der Waals surface area contributed by atoms with Crippen LogP contribution in [0.3, 0.4) is 0 Å². The molecular formula is C8H10BrNO2S. The molecule has 0 aliphatic rings. The highest BCUT2D eigenvalue weighted by atomic mass is 79.9. The Balaban J connectivity index is 2.72. The summed E-state index contributed by atoms with van der Waals surface area (Å²) in [4.78, 5) is 11.5. The zero-order valence-corrected chi connectivity index (χ0v) is 9.27. The maximum absolute atomic E-state index is 10.5. The highest BCUT2D eigenvalue weighted by molar-refractivity contribution is 9.11. The largest absolute Gasteiger partial charge is 0.481 e. The molecule has 1 rings (SSSR count). The van der Waals surface area contributed by atoms with Gasteiger partial charge >= 0.3 is 5.97 Å². The van der Waals surface area contributed by atoms with Crippen molar-refractivity contribution < 1.29 is 9.90 Å². The predicted molar refractivity (Wildman–Crippen MR) is 56.1 cm³/mol. The second-order valence-electron chi connectivity index (χ2n) is 2.67. The summed E-state index contributed by atoms with van der Waals surface area (Å²) in [6.45, 7) is 0.374. The highest BCUT2D eigenvalue weighted by Crippen LogP contribution is 2.29. The van der Waals surface area contributed by atoms with Gasteiger partial charge in [-0.15, -0.1) is 11.3 Å². The maximum Gasteiger partial charge on any atom is 0.304 e. The normalized spacial score (nSPS) is 12.8. The Labute approximate surface area is 88.7 Å². The number of carbonyl (C=O) groups is 1. The van der Waals surface area contributed by atoms with Crippen molar-refractivity contribution in [2.24, 2.45) is 5.73 Å². The van der Waals surface area contributed by atoms with Gasteiger partial charge in [0.05, 0.1) is 10.2 Å². The molecule has 0 aromatic carbocycles. The first-order valence-corrected chi connectivity index (χ1v) is 5.41. The molecule has 0 amide bonds. The topological polar surface area (TPSA) is 63.3 Å². The molecule has 1 aromatic rings. The van der Waals surface area contributed by atoms with Crippen LogP contribution in [0.2, 0.25) is 0 Å². The molecule has 0 radical (unpaired) electrons. The fraction of sp³-hybridized carbons (Fsp3) is 0.375. The number of halogens is 1. The number of aliphatic carboxylic acids is 1. The molecule has 3 N–H and O–H groups in total. The fourth-order valence-corrected chi connectivity index (χ4v) is 2.60. The van der Waals surface area contributed by atoms with E-state index in [1.165, 1.54) is 11.3 Å². The lowest BCUT2D eigenvalue weighted by molar-refractivity contribution is -0.137. The van der Waals surface area contributed by atoms with E-state index in [4.69, 9.17) is 10.8 Å². The fourth-order valence-electron chi connectivity index (χ4n) is 1.06. The number of thiophene rings is 1. The van der Waals surface area contributed by atoms with Crippen LogP contribution >= 0.6 is 27.3 Å². The van der Waals surface area contributed by atoms with Crippen molar-refractivity contribution in [2.45, 2.75) is 12.3 Å². The first-order chi connectivity index (χ1) is 6.13. The molecule has 5 heteroatoms. The molecule has 1 aromatic heterocycles. The summed E-state index contributed by atoms with van der Waals surface area (Å²) in [6, 6.07) is 3.82. The van der Waals surface area contributed by atoms with E-state index < -0.39 is 5.97 Å². The minimum Gasteiger partial charge on any atom is -0.481 e.